The first-order valence-electron chi connectivity index (χ1n) is 7.28. The van der Waals surface area contributed by atoms with E-state index in [1.54, 1.807) is 0 Å². The van der Waals surface area contributed by atoms with Gasteiger partial charge in [0.1, 0.15) is 0 Å². The van der Waals surface area contributed by atoms with E-state index in [2.05, 4.69) is 46.8 Å². The molecule has 0 aliphatic heterocycles. The summed E-state index contributed by atoms with van der Waals surface area (Å²) in [5, 5.41) is 10.3. The Labute approximate surface area is 193 Å². The van der Waals surface area contributed by atoms with Crippen molar-refractivity contribution in [3.63, 3.8) is 0 Å². The summed E-state index contributed by atoms with van der Waals surface area (Å²) in [6.45, 7) is 29.2. The topological polar surface area (TPSA) is 140 Å². The monoisotopic (exact) mass is 504 g/mol. The molecule has 1 fully saturated rings. The molecule has 0 bridgehead atoms. The fourth-order valence-corrected chi connectivity index (χ4v) is 2.69. The van der Waals surface area contributed by atoms with Crippen molar-refractivity contribution < 1.29 is 66.6 Å². The third-order valence-electron chi connectivity index (χ3n) is 3.36. The Morgan fingerprint density at radius 3 is 1.50 bits per heavy atom. The summed E-state index contributed by atoms with van der Waals surface area (Å²) < 4.78 is 45.0. The molecule has 7 nitrogen and oxygen atoms in total. The fraction of sp³-hybridized carbons (Fsp3) is 0.667. The van der Waals surface area contributed by atoms with E-state index in [1.807, 2.05) is 0 Å². The Hall–Kier alpha value is -0.297. The molecule has 0 aromatic heterocycles. The summed E-state index contributed by atoms with van der Waals surface area (Å²) in [6, 6.07) is 0. The molecule has 0 heterocycles. The SMILES string of the molecule is CCCCCC[C@@]1(O)CCCC[C@@H]1Cl.[C-]#[O+].[C-]#[O+].[C-]#[O+].[C-]#[O+].[C-]#[O+].[C-]#[O+].[Co].[Co]. The molecule has 1 N–H and O–H groups in total. The van der Waals surface area contributed by atoms with Crippen LogP contribution in [0.1, 0.15) is 64.7 Å². The third kappa shape index (κ3) is 36.6. The molecule has 0 aromatic rings. The first-order valence-corrected chi connectivity index (χ1v) is 7.71. The smallest absolute Gasteiger partial charge is 0 e. The number of aliphatic hydroxyl groups is 1. The molecule has 0 saturated heterocycles. The summed E-state index contributed by atoms with van der Waals surface area (Å²) in [5.74, 6) is 0. The summed E-state index contributed by atoms with van der Waals surface area (Å²) in [4.78, 5) is 0. The van der Waals surface area contributed by atoms with Crippen LogP contribution in [0.3, 0.4) is 0 Å². The molecule has 0 spiro atoms. The van der Waals surface area contributed by atoms with Crippen LogP contribution in [0, 0.1) is 39.9 Å². The maximum Gasteiger partial charge on any atom is 0 e. The standard InChI is InChI=1S/C12H23ClO.6CO.2Co/c1-2-3-4-6-9-12(14)10-7-5-8-11(12)13;6*1-2;;/h11,14H,2-10H2,1H3;;;;;;;;/t11-,12+;;;;;;;;/m0......../s1. The van der Waals surface area contributed by atoms with Gasteiger partial charge < -0.3 is 5.11 Å². The zero-order valence-electron chi connectivity index (χ0n) is 15.4. The first-order chi connectivity index (χ1) is 12.7. The largest absolute Gasteiger partial charge is 0 e. The van der Waals surface area contributed by atoms with Crippen LogP contribution in [0.4, 0.5) is 0 Å². The average molecular weight is 505 g/mol. The number of halogens is 1. The quantitative estimate of drug-likeness (QED) is 0.260. The number of hydrogen-bond donors (Lipinski definition) is 1. The zero-order chi connectivity index (χ0) is 22.4. The van der Waals surface area contributed by atoms with Crippen molar-refractivity contribution >= 4 is 11.6 Å². The molecule has 28 heavy (non-hydrogen) atoms. The van der Waals surface area contributed by atoms with E-state index in [-0.39, 0.29) is 38.9 Å². The molecule has 2 radical (unpaired) electrons. The molecule has 10 heteroatoms. The van der Waals surface area contributed by atoms with E-state index in [9.17, 15) is 5.11 Å². The van der Waals surface area contributed by atoms with Gasteiger partial charge in [0.2, 0.25) is 0 Å². The number of hydrogen-bond acceptors (Lipinski definition) is 1. The second-order valence-corrected chi connectivity index (χ2v) is 5.15. The Morgan fingerprint density at radius 1 is 0.786 bits per heavy atom. The Morgan fingerprint density at radius 2 is 1.18 bits per heavy atom. The van der Waals surface area contributed by atoms with Crippen LogP contribution in [0.5, 0.6) is 0 Å². The van der Waals surface area contributed by atoms with Gasteiger partial charge in [-0.1, -0.05) is 45.4 Å². The van der Waals surface area contributed by atoms with Gasteiger partial charge >= 0.3 is 67.8 Å². The minimum Gasteiger partial charge on any atom is 0 e. The van der Waals surface area contributed by atoms with Crippen molar-refractivity contribution in [2.45, 2.75) is 75.7 Å². The van der Waals surface area contributed by atoms with Crippen LogP contribution < -0.4 is 0 Å². The van der Waals surface area contributed by atoms with Gasteiger partial charge in [0.05, 0.1) is 11.0 Å². The average Bonchev–Trinajstić information content (AvgIpc) is 2.77. The van der Waals surface area contributed by atoms with Gasteiger partial charge in [0.15, 0.2) is 0 Å². The molecule has 1 aliphatic carbocycles. The zero-order valence-corrected chi connectivity index (χ0v) is 18.2. The molecular formula is C18H23ClCo2O7. The van der Waals surface area contributed by atoms with Gasteiger partial charge in [0.25, 0.3) is 0 Å². The molecule has 0 unspecified atom stereocenters. The van der Waals surface area contributed by atoms with Crippen LogP contribution in [-0.2, 0) is 61.5 Å². The molecule has 162 valence electrons. The van der Waals surface area contributed by atoms with Gasteiger partial charge in [-0.15, -0.1) is 11.6 Å². The minimum atomic E-state index is -0.548. The van der Waals surface area contributed by atoms with Gasteiger partial charge in [-0.25, -0.2) is 0 Å². The second-order valence-electron chi connectivity index (χ2n) is 4.63. The molecule has 1 rings (SSSR count). The Balaban J connectivity index is -0.0000000410. The van der Waals surface area contributed by atoms with E-state index in [0.717, 1.165) is 32.1 Å². The van der Waals surface area contributed by atoms with Crippen molar-refractivity contribution in [2.24, 2.45) is 0 Å². The summed E-state index contributed by atoms with van der Waals surface area (Å²) in [5.41, 5.74) is -0.548. The first kappa shape index (κ1) is 50.9. The van der Waals surface area contributed by atoms with Crippen molar-refractivity contribution in [1.82, 2.24) is 0 Å². The van der Waals surface area contributed by atoms with E-state index >= 15 is 0 Å². The van der Waals surface area contributed by atoms with E-state index < -0.39 is 5.60 Å². The van der Waals surface area contributed by atoms with Crippen LogP contribution >= 0.6 is 11.6 Å². The summed E-state index contributed by atoms with van der Waals surface area (Å²) >= 11 is 6.19. The molecule has 1 saturated carbocycles. The van der Waals surface area contributed by atoms with Gasteiger partial charge in [-0.2, -0.15) is 0 Å². The minimum absolute atomic E-state index is 0. The normalized spacial score (nSPS) is 17.0. The fourth-order valence-electron chi connectivity index (χ4n) is 2.32. The van der Waals surface area contributed by atoms with Crippen LogP contribution in [-0.4, -0.2) is 16.1 Å². The summed E-state index contributed by atoms with van der Waals surface area (Å²) in [6.07, 6.45) is 10.0. The Kier molecular flexibility index (Phi) is 102. The number of rotatable bonds is 5. The van der Waals surface area contributed by atoms with Crippen LogP contribution in [0.25, 0.3) is 0 Å². The van der Waals surface area contributed by atoms with Gasteiger partial charge in [-0.3, -0.25) is 0 Å². The van der Waals surface area contributed by atoms with Crippen LogP contribution in [0.2, 0.25) is 0 Å². The van der Waals surface area contributed by atoms with Crippen LogP contribution in [0.15, 0.2) is 0 Å². The molecular weight excluding hydrogens is 482 g/mol. The molecule has 0 aromatic carbocycles. The van der Waals surface area contributed by atoms with Crippen molar-refractivity contribution in [3.05, 3.63) is 39.9 Å². The number of unbranched alkanes of at least 4 members (excludes halogenated alkanes) is 3. The predicted octanol–water partition coefficient (Wildman–Crippen LogP) is 3.64. The molecule has 1 aliphatic rings. The third-order valence-corrected chi connectivity index (χ3v) is 3.99. The second kappa shape index (κ2) is 56.3. The Bertz CT molecular complexity index is 335. The van der Waals surface area contributed by atoms with Crippen molar-refractivity contribution in [1.29, 1.82) is 0 Å². The maximum absolute atomic E-state index is 10.3. The predicted molar refractivity (Wildman–Crippen MR) is 85.4 cm³/mol. The van der Waals surface area contributed by atoms with Gasteiger partial charge in [0, 0.05) is 33.6 Å². The number of alkyl halides is 1. The van der Waals surface area contributed by atoms with Crippen molar-refractivity contribution in [3.8, 4) is 0 Å². The van der Waals surface area contributed by atoms with Crippen molar-refractivity contribution in [2.75, 3.05) is 0 Å². The van der Waals surface area contributed by atoms with E-state index in [1.165, 1.54) is 25.7 Å². The molecule has 0 amide bonds. The van der Waals surface area contributed by atoms with E-state index in [4.69, 9.17) is 39.5 Å². The summed E-state index contributed by atoms with van der Waals surface area (Å²) in [7, 11) is 0. The molecule has 2 atom stereocenters. The van der Waals surface area contributed by atoms with Gasteiger partial charge in [-0.05, 0) is 19.3 Å². The van der Waals surface area contributed by atoms with E-state index in [0.29, 0.717) is 0 Å². The maximum atomic E-state index is 10.3.